The van der Waals surface area contributed by atoms with Gasteiger partial charge in [-0.15, -0.1) is 0 Å². The van der Waals surface area contributed by atoms with E-state index in [0.29, 0.717) is 0 Å². The van der Waals surface area contributed by atoms with Crippen LogP contribution in [0.2, 0.25) is 0 Å². The van der Waals surface area contributed by atoms with E-state index in [1.54, 1.807) is 0 Å². The second kappa shape index (κ2) is 7.01. The van der Waals surface area contributed by atoms with E-state index in [0.717, 1.165) is 0 Å². The van der Waals surface area contributed by atoms with Crippen molar-refractivity contribution in [2.45, 2.75) is 13.8 Å². The molecule has 0 saturated heterocycles. The van der Waals surface area contributed by atoms with Crippen molar-refractivity contribution in [2.24, 2.45) is 0 Å². The number of hydrogen-bond donors (Lipinski definition) is 0. The number of hydrogen-bond acceptors (Lipinski definition) is 0. The molecule has 0 nitrogen and oxygen atoms in total. The normalized spacial score (nSPS) is 10.7. The molecule has 0 aromatic heterocycles. The van der Waals surface area contributed by atoms with Crippen molar-refractivity contribution in [3.05, 3.63) is 108 Å². The van der Waals surface area contributed by atoms with E-state index in [2.05, 4.69) is 111 Å². The second-order valence-corrected chi connectivity index (χ2v) is 6.90. The molecule has 0 N–H and O–H groups in total. The summed E-state index contributed by atoms with van der Waals surface area (Å²) in [5.41, 5.74) is 10.1. The topological polar surface area (TPSA) is 0 Å². The highest BCUT2D eigenvalue weighted by Crippen LogP contribution is 2.30. The lowest BCUT2D eigenvalue weighted by Crippen LogP contribution is -1.84. The largest absolute Gasteiger partial charge is 0.0614 e. The Kier molecular flexibility index (Phi) is 4.41. The zero-order valence-electron chi connectivity index (χ0n) is 15.2. The van der Waals surface area contributed by atoms with Crippen LogP contribution in [0, 0.1) is 13.8 Å². The molecule has 4 rings (SSSR count). The first-order chi connectivity index (χ1) is 12.7. The molecular formula is C26H22. The van der Waals surface area contributed by atoms with Gasteiger partial charge in [0.2, 0.25) is 0 Å². The fourth-order valence-electron chi connectivity index (χ4n) is 3.41. The lowest BCUT2D eigenvalue weighted by Gasteiger charge is -2.09. The molecule has 0 aliphatic heterocycles. The van der Waals surface area contributed by atoms with Crippen LogP contribution in [0.25, 0.3) is 33.4 Å². The minimum Gasteiger partial charge on any atom is -0.0614 e. The Balaban J connectivity index is 1.75. The van der Waals surface area contributed by atoms with Crippen LogP contribution in [0.5, 0.6) is 0 Å². The highest BCUT2D eigenvalue weighted by molar-refractivity contribution is 5.77. The molecule has 0 atom stereocenters. The summed E-state index contributed by atoms with van der Waals surface area (Å²) >= 11 is 0. The van der Waals surface area contributed by atoms with Gasteiger partial charge >= 0.3 is 0 Å². The molecule has 0 fully saturated rings. The molecule has 0 heterocycles. The van der Waals surface area contributed by atoms with Crippen LogP contribution in [0.3, 0.4) is 0 Å². The van der Waals surface area contributed by atoms with Gasteiger partial charge in [-0.1, -0.05) is 96.1 Å². The van der Waals surface area contributed by atoms with Gasteiger partial charge in [-0.2, -0.15) is 0 Å². The predicted octanol–water partition coefficient (Wildman–Crippen LogP) is 7.30. The van der Waals surface area contributed by atoms with Gasteiger partial charge in [0.1, 0.15) is 0 Å². The zero-order chi connectivity index (χ0) is 17.9. The lowest BCUT2D eigenvalue weighted by molar-refractivity contribution is 1.46. The monoisotopic (exact) mass is 334 g/mol. The molecule has 0 saturated carbocycles. The average Bonchev–Trinajstić information content (AvgIpc) is 2.68. The number of aryl methyl sites for hydroxylation is 2. The Morgan fingerprint density at radius 3 is 0.923 bits per heavy atom. The van der Waals surface area contributed by atoms with Gasteiger partial charge in [0.15, 0.2) is 0 Å². The molecule has 0 spiro atoms. The van der Waals surface area contributed by atoms with Crippen LogP contribution in [-0.2, 0) is 0 Å². The summed E-state index contributed by atoms with van der Waals surface area (Å²) in [5.74, 6) is 0. The van der Waals surface area contributed by atoms with Gasteiger partial charge in [-0.25, -0.2) is 0 Å². The van der Waals surface area contributed by atoms with E-state index in [1.165, 1.54) is 44.5 Å². The Hall–Kier alpha value is -3.12. The van der Waals surface area contributed by atoms with Crippen LogP contribution in [0.4, 0.5) is 0 Å². The summed E-state index contributed by atoms with van der Waals surface area (Å²) in [4.78, 5) is 0. The summed E-state index contributed by atoms with van der Waals surface area (Å²) in [6.45, 7) is 4.28. The van der Waals surface area contributed by atoms with Gasteiger partial charge in [0.05, 0.1) is 0 Å². The first-order valence-corrected chi connectivity index (χ1v) is 9.04. The van der Waals surface area contributed by atoms with Crippen LogP contribution in [0.15, 0.2) is 97.1 Å². The van der Waals surface area contributed by atoms with Crippen molar-refractivity contribution < 1.29 is 0 Å². The highest BCUT2D eigenvalue weighted by atomic mass is 14.1. The smallest absolute Gasteiger partial charge is 0.0178 e. The lowest BCUT2D eigenvalue weighted by atomic mass is 9.95. The van der Waals surface area contributed by atoms with Crippen molar-refractivity contribution in [1.29, 1.82) is 0 Å². The summed E-state index contributed by atoms with van der Waals surface area (Å²) in [7, 11) is 0. The van der Waals surface area contributed by atoms with E-state index in [-0.39, 0.29) is 0 Å². The van der Waals surface area contributed by atoms with E-state index in [9.17, 15) is 0 Å². The molecule has 0 radical (unpaired) electrons. The first kappa shape index (κ1) is 16.4. The van der Waals surface area contributed by atoms with E-state index in [4.69, 9.17) is 0 Å². The molecule has 4 aromatic carbocycles. The molecule has 126 valence electrons. The zero-order valence-corrected chi connectivity index (χ0v) is 15.2. The van der Waals surface area contributed by atoms with Crippen molar-refractivity contribution >= 4 is 0 Å². The fourth-order valence-corrected chi connectivity index (χ4v) is 3.41. The highest BCUT2D eigenvalue weighted by Gasteiger charge is 2.04. The quantitative estimate of drug-likeness (QED) is 0.368. The van der Waals surface area contributed by atoms with Gasteiger partial charge in [-0.3, -0.25) is 0 Å². The molecule has 26 heavy (non-hydrogen) atoms. The van der Waals surface area contributed by atoms with Crippen LogP contribution in [0.1, 0.15) is 11.1 Å². The van der Waals surface area contributed by atoms with Crippen molar-refractivity contribution in [2.75, 3.05) is 0 Å². The maximum absolute atomic E-state index is 2.28. The summed E-state index contributed by atoms with van der Waals surface area (Å²) in [5, 5.41) is 0. The van der Waals surface area contributed by atoms with Crippen LogP contribution < -0.4 is 0 Å². The summed E-state index contributed by atoms with van der Waals surface area (Å²) < 4.78 is 0. The third-order valence-corrected chi connectivity index (χ3v) is 4.76. The minimum atomic E-state index is 1.25. The molecule has 0 aliphatic rings. The Labute approximate surface area is 155 Å². The Morgan fingerprint density at radius 1 is 0.346 bits per heavy atom. The molecule has 0 heteroatoms. The number of benzene rings is 4. The predicted molar refractivity (Wildman–Crippen MR) is 112 cm³/mol. The fraction of sp³-hybridized carbons (Fsp3) is 0.0769. The average molecular weight is 334 g/mol. The maximum Gasteiger partial charge on any atom is -0.0178 e. The third-order valence-electron chi connectivity index (χ3n) is 4.76. The van der Waals surface area contributed by atoms with Crippen LogP contribution in [-0.4, -0.2) is 0 Å². The van der Waals surface area contributed by atoms with Crippen molar-refractivity contribution in [3.63, 3.8) is 0 Å². The first-order valence-electron chi connectivity index (χ1n) is 9.04. The summed E-state index contributed by atoms with van der Waals surface area (Å²) in [6, 6.07) is 34.9. The molecule has 0 unspecified atom stereocenters. The van der Waals surface area contributed by atoms with E-state index >= 15 is 0 Å². The van der Waals surface area contributed by atoms with Gasteiger partial charge in [0, 0.05) is 0 Å². The molecule has 0 bridgehead atoms. The molecule has 0 amide bonds. The Bertz CT molecular complexity index is 970. The third kappa shape index (κ3) is 3.45. The number of rotatable bonds is 3. The van der Waals surface area contributed by atoms with E-state index in [1.807, 2.05) is 0 Å². The minimum absolute atomic E-state index is 1.25. The standard InChI is InChI=1S/C26H22/c1-19-7-3-9-21(15-19)23-11-5-13-25(17-23)26-14-6-12-24(18-26)22-10-4-8-20(2)16-22/h3-18H,1-2H3. The van der Waals surface area contributed by atoms with Gasteiger partial charge in [0.25, 0.3) is 0 Å². The maximum atomic E-state index is 2.28. The van der Waals surface area contributed by atoms with E-state index < -0.39 is 0 Å². The van der Waals surface area contributed by atoms with Crippen LogP contribution >= 0.6 is 0 Å². The van der Waals surface area contributed by atoms with Crippen molar-refractivity contribution in [1.82, 2.24) is 0 Å². The molecular weight excluding hydrogens is 312 g/mol. The van der Waals surface area contributed by atoms with Crippen molar-refractivity contribution in [3.8, 4) is 33.4 Å². The molecule has 4 aromatic rings. The van der Waals surface area contributed by atoms with Gasteiger partial charge in [-0.05, 0) is 59.4 Å². The molecule has 0 aliphatic carbocycles. The Morgan fingerprint density at radius 2 is 0.615 bits per heavy atom. The SMILES string of the molecule is Cc1cccc(-c2cccc(-c3cccc(-c4cccc(C)c4)c3)c2)c1. The second-order valence-electron chi connectivity index (χ2n) is 6.90. The summed E-state index contributed by atoms with van der Waals surface area (Å²) in [6.07, 6.45) is 0. The van der Waals surface area contributed by atoms with Gasteiger partial charge < -0.3 is 0 Å².